The maximum absolute atomic E-state index is 5.24. The number of imidazole rings is 1. The molecule has 0 N–H and O–H groups in total. The van der Waals surface area contributed by atoms with Crippen LogP contribution in [0.5, 0.6) is 0 Å². The average Bonchev–Trinajstić information content (AvgIpc) is 3.21. The van der Waals surface area contributed by atoms with Crippen molar-refractivity contribution in [2.75, 3.05) is 0 Å². The van der Waals surface area contributed by atoms with Crippen LogP contribution in [-0.4, -0.2) is 14.5 Å². The minimum absolute atomic E-state index is 0.562. The molecule has 0 amide bonds. The third-order valence-corrected chi connectivity index (χ3v) is 3.43. The summed E-state index contributed by atoms with van der Waals surface area (Å²) < 4.78 is 7.36. The van der Waals surface area contributed by atoms with Crippen LogP contribution < -0.4 is 0 Å². The lowest BCUT2D eigenvalue weighted by molar-refractivity contribution is 0.547. The van der Waals surface area contributed by atoms with Crippen molar-refractivity contribution in [2.24, 2.45) is 0 Å². The summed E-state index contributed by atoms with van der Waals surface area (Å²) in [6.07, 6.45) is 6.92. The Labute approximate surface area is 127 Å². The molecule has 4 rings (SSSR count). The zero-order valence-electron chi connectivity index (χ0n) is 11.8. The van der Waals surface area contributed by atoms with Gasteiger partial charge in [0.1, 0.15) is 12.1 Å². The first kappa shape index (κ1) is 12.6. The predicted octanol–water partition coefficient (Wildman–Crippen LogP) is 4.18. The normalized spacial score (nSPS) is 11.5. The molecule has 4 heteroatoms. The average molecular weight is 287 g/mol. The van der Waals surface area contributed by atoms with Crippen molar-refractivity contribution in [3.63, 3.8) is 0 Å². The summed E-state index contributed by atoms with van der Waals surface area (Å²) in [7, 11) is 0. The van der Waals surface area contributed by atoms with Crippen LogP contribution in [0.3, 0.4) is 0 Å². The minimum atomic E-state index is 0.562. The van der Waals surface area contributed by atoms with Crippen molar-refractivity contribution in [3.05, 3.63) is 78.8 Å². The zero-order chi connectivity index (χ0) is 14.8. The molecule has 0 fully saturated rings. The lowest BCUT2D eigenvalue weighted by atomic mass is 10.3. The van der Waals surface area contributed by atoms with Crippen LogP contribution >= 0.6 is 0 Å². The van der Waals surface area contributed by atoms with E-state index in [-0.39, 0.29) is 0 Å². The Morgan fingerprint density at radius 3 is 2.55 bits per heavy atom. The van der Waals surface area contributed by atoms with Crippen LogP contribution in [0.4, 0.5) is 0 Å². The molecule has 0 aliphatic heterocycles. The molecular weight excluding hydrogens is 274 g/mol. The Hall–Kier alpha value is -3.14. The summed E-state index contributed by atoms with van der Waals surface area (Å²) in [6.45, 7) is 0. The van der Waals surface area contributed by atoms with Gasteiger partial charge in [0.15, 0.2) is 0 Å². The van der Waals surface area contributed by atoms with Crippen molar-refractivity contribution in [1.29, 1.82) is 0 Å². The first-order valence-corrected chi connectivity index (χ1v) is 7.02. The van der Waals surface area contributed by atoms with Crippen LogP contribution in [0, 0.1) is 0 Å². The zero-order valence-corrected chi connectivity index (χ0v) is 11.8. The van der Waals surface area contributed by atoms with Gasteiger partial charge >= 0.3 is 0 Å². The highest BCUT2D eigenvalue weighted by atomic mass is 16.3. The topological polar surface area (TPSA) is 43.9 Å². The highest BCUT2D eigenvalue weighted by Crippen LogP contribution is 2.22. The fraction of sp³-hybridized carbons (Fsp3) is 0. The van der Waals surface area contributed by atoms with Crippen LogP contribution in [-0.2, 0) is 0 Å². The molecule has 2 heterocycles. The molecular formula is C18H13N3O. The fourth-order valence-electron chi connectivity index (χ4n) is 2.47. The molecule has 0 spiro atoms. The van der Waals surface area contributed by atoms with Crippen LogP contribution in [0.25, 0.3) is 28.9 Å². The Balaban J connectivity index is 1.90. The summed E-state index contributed by atoms with van der Waals surface area (Å²) in [6, 6.07) is 18.3. The van der Waals surface area contributed by atoms with E-state index in [2.05, 4.69) is 27.8 Å². The molecule has 0 saturated carbocycles. The van der Waals surface area contributed by atoms with E-state index in [4.69, 9.17) is 9.40 Å². The van der Waals surface area contributed by atoms with Gasteiger partial charge in [-0.05, 0) is 30.3 Å². The third-order valence-electron chi connectivity index (χ3n) is 3.43. The fourth-order valence-corrected chi connectivity index (χ4v) is 2.47. The number of fused-ring (bicyclic) bond motifs is 1. The summed E-state index contributed by atoms with van der Waals surface area (Å²) in [5.41, 5.74) is 3.10. The molecule has 0 bridgehead atoms. The van der Waals surface area contributed by atoms with E-state index in [9.17, 15) is 0 Å². The van der Waals surface area contributed by atoms with Crippen molar-refractivity contribution >= 4 is 23.2 Å². The van der Waals surface area contributed by atoms with Gasteiger partial charge in [0.2, 0.25) is 5.89 Å². The smallest absolute Gasteiger partial charge is 0.218 e. The molecule has 2 aromatic carbocycles. The maximum Gasteiger partial charge on any atom is 0.218 e. The number of para-hydroxylation sites is 3. The minimum Gasteiger partial charge on any atom is -0.445 e. The summed E-state index contributed by atoms with van der Waals surface area (Å²) in [5.74, 6) is 1.40. The van der Waals surface area contributed by atoms with E-state index in [1.54, 1.807) is 12.5 Å². The largest absolute Gasteiger partial charge is 0.445 e. The summed E-state index contributed by atoms with van der Waals surface area (Å²) in [5, 5.41) is 0. The quantitative estimate of drug-likeness (QED) is 0.567. The Morgan fingerprint density at radius 2 is 1.73 bits per heavy atom. The number of aromatic nitrogens is 3. The number of hydrogen-bond acceptors (Lipinski definition) is 3. The van der Waals surface area contributed by atoms with Gasteiger partial charge in [-0.25, -0.2) is 9.97 Å². The first-order valence-electron chi connectivity index (χ1n) is 7.02. The molecule has 106 valence electrons. The standard InChI is InChI=1S/C18H13N3O/c1-2-6-14(7-3-1)21-16-9-5-4-8-15(16)20-17(21)10-11-18-19-12-13-22-18/h1-13H/b11-10+. The van der Waals surface area contributed by atoms with Crippen molar-refractivity contribution < 1.29 is 4.42 Å². The molecule has 4 nitrogen and oxygen atoms in total. The van der Waals surface area contributed by atoms with Crippen LogP contribution in [0.2, 0.25) is 0 Å². The molecule has 0 aliphatic carbocycles. The lowest BCUT2D eigenvalue weighted by Gasteiger charge is -2.06. The van der Waals surface area contributed by atoms with E-state index >= 15 is 0 Å². The van der Waals surface area contributed by atoms with Gasteiger partial charge in [-0.2, -0.15) is 0 Å². The second kappa shape index (κ2) is 5.33. The second-order valence-corrected chi connectivity index (χ2v) is 4.83. The molecule has 2 aromatic heterocycles. The van der Waals surface area contributed by atoms with Gasteiger partial charge in [0.25, 0.3) is 0 Å². The van der Waals surface area contributed by atoms with E-state index in [0.717, 1.165) is 22.5 Å². The van der Waals surface area contributed by atoms with E-state index in [1.165, 1.54) is 0 Å². The number of rotatable bonds is 3. The van der Waals surface area contributed by atoms with Crippen LogP contribution in [0.15, 0.2) is 71.5 Å². The predicted molar refractivity (Wildman–Crippen MR) is 86.5 cm³/mol. The molecule has 0 saturated heterocycles. The van der Waals surface area contributed by atoms with Gasteiger partial charge in [-0.3, -0.25) is 4.57 Å². The number of benzene rings is 2. The van der Waals surface area contributed by atoms with Gasteiger partial charge in [-0.15, -0.1) is 0 Å². The van der Waals surface area contributed by atoms with Gasteiger partial charge in [0.05, 0.1) is 17.2 Å². The molecule has 0 atom stereocenters. The Morgan fingerprint density at radius 1 is 0.909 bits per heavy atom. The Kier molecular flexibility index (Phi) is 3.05. The van der Waals surface area contributed by atoms with Gasteiger partial charge < -0.3 is 4.42 Å². The summed E-state index contributed by atoms with van der Waals surface area (Å²) in [4.78, 5) is 8.79. The molecule has 22 heavy (non-hydrogen) atoms. The highest BCUT2D eigenvalue weighted by Gasteiger charge is 2.09. The first-order chi connectivity index (χ1) is 10.9. The van der Waals surface area contributed by atoms with Gasteiger partial charge in [0, 0.05) is 11.8 Å². The third kappa shape index (κ3) is 2.20. The Bertz CT molecular complexity index is 922. The lowest BCUT2D eigenvalue weighted by Crippen LogP contribution is -1.96. The van der Waals surface area contributed by atoms with E-state index in [1.807, 2.05) is 48.6 Å². The monoisotopic (exact) mass is 287 g/mol. The van der Waals surface area contributed by atoms with E-state index < -0.39 is 0 Å². The second-order valence-electron chi connectivity index (χ2n) is 4.83. The van der Waals surface area contributed by atoms with Crippen molar-refractivity contribution in [1.82, 2.24) is 14.5 Å². The molecule has 0 aliphatic rings. The van der Waals surface area contributed by atoms with Crippen molar-refractivity contribution in [3.8, 4) is 5.69 Å². The van der Waals surface area contributed by atoms with Crippen molar-refractivity contribution in [2.45, 2.75) is 0 Å². The number of hydrogen-bond donors (Lipinski definition) is 0. The van der Waals surface area contributed by atoms with E-state index in [0.29, 0.717) is 5.89 Å². The molecule has 4 aromatic rings. The SMILES string of the molecule is C(=C\c1nc2ccccc2n1-c1ccccc1)/c1ncco1. The number of oxazole rings is 1. The number of nitrogens with zero attached hydrogens (tertiary/aromatic N) is 3. The van der Waals surface area contributed by atoms with Crippen LogP contribution in [0.1, 0.15) is 11.7 Å². The molecule has 0 unspecified atom stereocenters. The molecule has 0 radical (unpaired) electrons. The highest BCUT2D eigenvalue weighted by molar-refractivity contribution is 5.81. The maximum atomic E-state index is 5.24. The van der Waals surface area contributed by atoms with Gasteiger partial charge in [-0.1, -0.05) is 30.3 Å². The summed E-state index contributed by atoms with van der Waals surface area (Å²) >= 11 is 0.